The summed E-state index contributed by atoms with van der Waals surface area (Å²) < 4.78 is 4.84. The van der Waals surface area contributed by atoms with Gasteiger partial charge in [-0.2, -0.15) is 0 Å². The molecule has 0 aliphatic rings. The van der Waals surface area contributed by atoms with Gasteiger partial charge in [-0.15, -0.1) is 0 Å². The molecule has 0 amide bonds. The number of phenolic OH excluding ortho intramolecular Hbond substituents is 1. The van der Waals surface area contributed by atoms with Crippen molar-refractivity contribution >= 4 is 6.29 Å². The van der Waals surface area contributed by atoms with Gasteiger partial charge in [0.05, 0.1) is 18.8 Å². The van der Waals surface area contributed by atoms with Crippen LogP contribution in [0.1, 0.15) is 28.4 Å². The van der Waals surface area contributed by atoms with E-state index in [1.807, 2.05) is 0 Å². The van der Waals surface area contributed by atoms with Crippen LogP contribution in [0.2, 0.25) is 0 Å². The molecule has 4 N–H and O–H groups in total. The third-order valence-electron chi connectivity index (χ3n) is 2.66. The van der Waals surface area contributed by atoms with Crippen LogP contribution in [0, 0.1) is 0 Å². The van der Waals surface area contributed by atoms with Gasteiger partial charge in [-0.05, 0) is 18.1 Å². The number of carbonyl (C=O) groups excluding carboxylic acids is 1. The SMILES string of the molecule is COc1ccc(C(O)C(O)CCO)c(C=O)c1O. The van der Waals surface area contributed by atoms with E-state index < -0.39 is 12.2 Å². The Kier molecular flexibility index (Phi) is 5.08. The highest BCUT2D eigenvalue weighted by Gasteiger charge is 2.23. The Bertz CT molecular complexity index is 417. The Morgan fingerprint density at radius 2 is 2.06 bits per heavy atom. The lowest BCUT2D eigenvalue weighted by atomic mass is 9.97. The first kappa shape index (κ1) is 14.4. The molecule has 0 heterocycles. The van der Waals surface area contributed by atoms with Crippen LogP contribution >= 0.6 is 0 Å². The summed E-state index contributed by atoms with van der Waals surface area (Å²) in [5.41, 5.74) is -0.0527. The Labute approximate surface area is 104 Å². The summed E-state index contributed by atoms with van der Waals surface area (Å²) in [6.07, 6.45) is -2.25. The van der Waals surface area contributed by atoms with Crippen molar-refractivity contribution in [3.8, 4) is 11.5 Å². The maximum absolute atomic E-state index is 10.9. The maximum Gasteiger partial charge on any atom is 0.168 e. The van der Waals surface area contributed by atoms with Crippen LogP contribution in [-0.2, 0) is 0 Å². The first-order valence-corrected chi connectivity index (χ1v) is 5.38. The van der Waals surface area contributed by atoms with Crippen LogP contribution in [0.4, 0.5) is 0 Å². The van der Waals surface area contributed by atoms with E-state index in [0.29, 0.717) is 6.29 Å². The molecule has 0 aliphatic heterocycles. The zero-order chi connectivity index (χ0) is 13.7. The van der Waals surface area contributed by atoms with Crippen molar-refractivity contribution in [2.24, 2.45) is 0 Å². The largest absolute Gasteiger partial charge is 0.504 e. The van der Waals surface area contributed by atoms with Gasteiger partial charge >= 0.3 is 0 Å². The molecular weight excluding hydrogens is 240 g/mol. The van der Waals surface area contributed by atoms with Gasteiger partial charge in [0.2, 0.25) is 0 Å². The molecule has 0 saturated heterocycles. The summed E-state index contributed by atoms with van der Waals surface area (Å²) in [5.74, 6) is -0.287. The molecule has 0 fully saturated rings. The molecule has 2 atom stereocenters. The first-order valence-electron chi connectivity index (χ1n) is 5.38. The molecule has 6 heteroatoms. The number of aliphatic hydroxyl groups is 3. The van der Waals surface area contributed by atoms with Gasteiger partial charge in [-0.1, -0.05) is 6.07 Å². The molecule has 0 aromatic heterocycles. The second kappa shape index (κ2) is 6.34. The van der Waals surface area contributed by atoms with Gasteiger partial charge in [0, 0.05) is 6.61 Å². The summed E-state index contributed by atoms with van der Waals surface area (Å²) in [6, 6.07) is 2.76. The predicted octanol–water partition coefficient (Wildman–Crippen LogP) is -0.0100. The van der Waals surface area contributed by atoms with Gasteiger partial charge < -0.3 is 25.2 Å². The van der Waals surface area contributed by atoms with Crippen LogP contribution in [-0.4, -0.2) is 46.5 Å². The van der Waals surface area contributed by atoms with Crippen molar-refractivity contribution in [3.05, 3.63) is 23.3 Å². The van der Waals surface area contributed by atoms with E-state index in [4.69, 9.17) is 9.84 Å². The minimum atomic E-state index is -1.37. The van der Waals surface area contributed by atoms with E-state index in [-0.39, 0.29) is 35.7 Å². The van der Waals surface area contributed by atoms with Crippen LogP contribution in [0.25, 0.3) is 0 Å². The molecule has 1 rings (SSSR count). The van der Waals surface area contributed by atoms with E-state index >= 15 is 0 Å². The number of methoxy groups -OCH3 is 1. The summed E-state index contributed by atoms with van der Waals surface area (Å²) in [6.45, 7) is -0.295. The highest BCUT2D eigenvalue weighted by molar-refractivity contribution is 5.83. The highest BCUT2D eigenvalue weighted by atomic mass is 16.5. The highest BCUT2D eigenvalue weighted by Crippen LogP contribution is 2.34. The number of aldehydes is 1. The molecule has 100 valence electrons. The van der Waals surface area contributed by atoms with E-state index in [9.17, 15) is 20.1 Å². The van der Waals surface area contributed by atoms with Crippen molar-refractivity contribution in [3.63, 3.8) is 0 Å². The summed E-state index contributed by atoms with van der Waals surface area (Å²) in [5, 5.41) is 37.8. The standard InChI is InChI=1S/C12H16O6/c1-18-10-3-2-7(8(6-14)12(10)17)11(16)9(15)4-5-13/h2-3,6,9,11,13,15-17H,4-5H2,1H3. The fraction of sp³-hybridized carbons (Fsp3) is 0.417. The minimum absolute atomic E-state index is 0.0355. The van der Waals surface area contributed by atoms with E-state index in [0.717, 1.165) is 0 Å². The molecule has 0 bridgehead atoms. The zero-order valence-electron chi connectivity index (χ0n) is 9.91. The molecule has 1 aromatic carbocycles. The van der Waals surface area contributed by atoms with Gasteiger partial charge in [0.15, 0.2) is 17.8 Å². The Hall–Kier alpha value is -1.63. The minimum Gasteiger partial charge on any atom is -0.504 e. The van der Waals surface area contributed by atoms with Crippen molar-refractivity contribution in [1.82, 2.24) is 0 Å². The number of benzene rings is 1. The van der Waals surface area contributed by atoms with Crippen LogP contribution in [0.5, 0.6) is 11.5 Å². The van der Waals surface area contributed by atoms with Gasteiger partial charge in [-0.3, -0.25) is 4.79 Å². The molecule has 0 aliphatic carbocycles. The number of phenols is 1. The smallest absolute Gasteiger partial charge is 0.168 e. The maximum atomic E-state index is 10.9. The number of aliphatic hydroxyl groups excluding tert-OH is 3. The van der Waals surface area contributed by atoms with Crippen molar-refractivity contribution in [1.29, 1.82) is 0 Å². The topological polar surface area (TPSA) is 107 Å². The summed E-state index contributed by atoms with van der Waals surface area (Å²) in [4.78, 5) is 10.9. The second-order valence-electron chi connectivity index (χ2n) is 3.76. The molecule has 0 spiro atoms. The van der Waals surface area contributed by atoms with Crippen LogP contribution in [0.3, 0.4) is 0 Å². The molecular formula is C12H16O6. The van der Waals surface area contributed by atoms with Crippen LogP contribution in [0.15, 0.2) is 12.1 Å². The number of hydrogen-bond acceptors (Lipinski definition) is 6. The zero-order valence-corrected chi connectivity index (χ0v) is 9.91. The number of rotatable bonds is 6. The van der Waals surface area contributed by atoms with Crippen molar-refractivity contribution in [2.45, 2.75) is 18.6 Å². The van der Waals surface area contributed by atoms with E-state index in [1.54, 1.807) is 0 Å². The fourth-order valence-corrected chi connectivity index (χ4v) is 1.65. The number of hydrogen-bond donors (Lipinski definition) is 4. The van der Waals surface area contributed by atoms with E-state index in [1.165, 1.54) is 19.2 Å². The van der Waals surface area contributed by atoms with Gasteiger partial charge in [0.1, 0.15) is 6.10 Å². The quantitative estimate of drug-likeness (QED) is 0.533. The summed E-state index contributed by atoms with van der Waals surface area (Å²) >= 11 is 0. The molecule has 1 aromatic rings. The third kappa shape index (κ3) is 2.79. The lowest BCUT2D eigenvalue weighted by Gasteiger charge is -2.19. The predicted molar refractivity (Wildman–Crippen MR) is 62.7 cm³/mol. The summed E-state index contributed by atoms with van der Waals surface area (Å²) in [7, 11) is 1.33. The average molecular weight is 256 g/mol. The molecule has 0 radical (unpaired) electrons. The Balaban J connectivity index is 3.16. The first-order chi connectivity index (χ1) is 8.56. The lowest BCUT2D eigenvalue weighted by Crippen LogP contribution is -2.20. The number of ether oxygens (including phenoxy) is 1. The lowest BCUT2D eigenvalue weighted by molar-refractivity contribution is 0.00383. The number of aromatic hydroxyl groups is 1. The second-order valence-corrected chi connectivity index (χ2v) is 3.76. The average Bonchev–Trinajstić information content (AvgIpc) is 2.37. The molecule has 2 unspecified atom stereocenters. The van der Waals surface area contributed by atoms with Gasteiger partial charge in [0.25, 0.3) is 0 Å². The number of carbonyl (C=O) groups is 1. The van der Waals surface area contributed by atoms with E-state index in [2.05, 4.69) is 0 Å². The Morgan fingerprint density at radius 3 is 2.56 bits per heavy atom. The molecule has 0 saturated carbocycles. The van der Waals surface area contributed by atoms with Crippen LogP contribution < -0.4 is 4.74 Å². The van der Waals surface area contributed by atoms with Gasteiger partial charge in [-0.25, -0.2) is 0 Å². The molecule has 6 nitrogen and oxygen atoms in total. The monoisotopic (exact) mass is 256 g/mol. The van der Waals surface area contributed by atoms with Crippen molar-refractivity contribution in [2.75, 3.05) is 13.7 Å². The third-order valence-corrected chi connectivity index (χ3v) is 2.66. The normalized spacial score (nSPS) is 14.0. The Morgan fingerprint density at radius 1 is 1.39 bits per heavy atom. The molecule has 18 heavy (non-hydrogen) atoms. The fourth-order valence-electron chi connectivity index (χ4n) is 1.65. The van der Waals surface area contributed by atoms with Crippen molar-refractivity contribution < 1.29 is 30.0 Å².